The van der Waals surface area contributed by atoms with Crippen molar-refractivity contribution in [1.82, 2.24) is 0 Å². The van der Waals surface area contributed by atoms with Crippen molar-refractivity contribution in [1.29, 1.82) is 0 Å². The van der Waals surface area contributed by atoms with Crippen LogP contribution in [-0.4, -0.2) is 12.0 Å². The molecular formula is C19H18N2O3. The molecule has 122 valence electrons. The lowest BCUT2D eigenvalue weighted by molar-refractivity contribution is -0.384. The molecule has 0 unspecified atom stereocenters. The number of methoxy groups -OCH3 is 1. The Hall–Kier alpha value is -2.82. The molecule has 1 aliphatic heterocycles. The van der Waals surface area contributed by atoms with Crippen LogP contribution in [0.1, 0.15) is 29.5 Å². The van der Waals surface area contributed by atoms with Gasteiger partial charge in [-0.15, -0.1) is 0 Å². The lowest BCUT2D eigenvalue weighted by Crippen LogP contribution is -2.29. The minimum atomic E-state index is -0.312. The number of para-hydroxylation sites is 1. The third-order valence-electron chi connectivity index (χ3n) is 5.02. The molecule has 5 heteroatoms. The predicted octanol–water partition coefficient (Wildman–Crippen LogP) is 4.43. The fourth-order valence-electron chi connectivity index (χ4n) is 3.92. The zero-order valence-corrected chi connectivity index (χ0v) is 13.3. The van der Waals surface area contributed by atoms with Crippen LogP contribution in [0, 0.1) is 16.0 Å². The van der Waals surface area contributed by atoms with E-state index < -0.39 is 0 Å². The van der Waals surface area contributed by atoms with E-state index in [0.717, 1.165) is 23.3 Å². The van der Waals surface area contributed by atoms with Gasteiger partial charge >= 0.3 is 0 Å². The summed E-state index contributed by atoms with van der Waals surface area (Å²) in [4.78, 5) is 11.1. The van der Waals surface area contributed by atoms with Gasteiger partial charge in [0.15, 0.2) is 0 Å². The molecule has 0 fully saturated rings. The van der Waals surface area contributed by atoms with Crippen LogP contribution < -0.4 is 10.1 Å². The van der Waals surface area contributed by atoms with Crippen LogP contribution in [-0.2, 0) is 0 Å². The molecule has 0 radical (unpaired) electrons. The number of fused-ring (bicyclic) bond motifs is 3. The normalized spacial score (nSPS) is 24.0. The van der Waals surface area contributed by atoms with Gasteiger partial charge in [0.25, 0.3) is 5.69 Å². The number of nitro groups is 1. The first kappa shape index (κ1) is 14.8. The maximum atomic E-state index is 11.4. The first-order valence-electron chi connectivity index (χ1n) is 8.03. The summed E-state index contributed by atoms with van der Waals surface area (Å²) in [6, 6.07) is 13.3. The summed E-state index contributed by atoms with van der Waals surface area (Å²) in [5.41, 5.74) is 2.89. The molecule has 0 saturated carbocycles. The molecule has 1 heterocycles. The fraction of sp³-hybridized carbons (Fsp3) is 0.263. The summed E-state index contributed by atoms with van der Waals surface area (Å²) in [7, 11) is 1.65. The van der Waals surface area contributed by atoms with E-state index in [0.29, 0.717) is 11.6 Å². The van der Waals surface area contributed by atoms with Crippen LogP contribution in [0.3, 0.4) is 0 Å². The lowest BCUT2D eigenvalue weighted by Gasteiger charge is -2.37. The highest BCUT2D eigenvalue weighted by molar-refractivity contribution is 5.71. The van der Waals surface area contributed by atoms with E-state index in [1.165, 1.54) is 0 Å². The van der Waals surface area contributed by atoms with Crippen molar-refractivity contribution in [3.8, 4) is 5.75 Å². The van der Waals surface area contributed by atoms with Gasteiger partial charge in [-0.25, -0.2) is 0 Å². The highest BCUT2D eigenvalue weighted by Crippen LogP contribution is 2.52. The Morgan fingerprint density at radius 2 is 2.08 bits per heavy atom. The molecule has 2 aromatic rings. The largest absolute Gasteiger partial charge is 0.497 e. The van der Waals surface area contributed by atoms with Gasteiger partial charge in [0, 0.05) is 12.0 Å². The molecule has 2 aliphatic rings. The van der Waals surface area contributed by atoms with Gasteiger partial charge in [0.05, 0.1) is 18.1 Å². The van der Waals surface area contributed by atoms with Crippen molar-refractivity contribution < 1.29 is 9.66 Å². The fourth-order valence-corrected chi connectivity index (χ4v) is 3.92. The molecule has 0 bridgehead atoms. The minimum Gasteiger partial charge on any atom is -0.497 e. The molecule has 3 atom stereocenters. The van der Waals surface area contributed by atoms with Crippen molar-refractivity contribution in [3.05, 3.63) is 75.9 Å². The summed E-state index contributed by atoms with van der Waals surface area (Å²) in [5, 5.41) is 14.9. The van der Waals surface area contributed by atoms with Crippen LogP contribution in [0.4, 0.5) is 11.4 Å². The number of hydrogen-bond acceptors (Lipinski definition) is 4. The Morgan fingerprint density at radius 3 is 2.88 bits per heavy atom. The molecule has 0 spiro atoms. The second-order valence-electron chi connectivity index (χ2n) is 6.25. The first-order chi connectivity index (χ1) is 11.7. The third kappa shape index (κ3) is 2.24. The maximum Gasteiger partial charge on any atom is 0.292 e. The quantitative estimate of drug-likeness (QED) is 0.516. The van der Waals surface area contributed by atoms with Crippen molar-refractivity contribution in [3.63, 3.8) is 0 Å². The Bertz CT molecular complexity index is 831. The summed E-state index contributed by atoms with van der Waals surface area (Å²) in [6.07, 6.45) is 5.32. The van der Waals surface area contributed by atoms with E-state index in [9.17, 15) is 10.1 Å². The zero-order valence-electron chi connectivity index (χ0n) is 13.3. The van der Waals surface area contributed by atoms with Crippen molar-refractivity contribution in [2.45, 2.75) is 18.4 Å². The number of ether oxygens (including phenoxy) is 1. The van der Waals surface area contributed by atoms with Crippen molar-refractivity contribution >= 4 is 11.4 Å². The smallest absolute Gasteiger partial charge is 0.292 e. The summed E-state index contributed by atoms with van der Waals surface area (Å²) < 4.78 is 5.34. The van der Waals surface area contributed by atoms with E-state index in [2.05, 4.69) is 23.5 Å². The van der Waals surface area contributed by atoms with Crippen LogP contribution in [0.15, 0.2) is 54.6 Å². The first-order valence-corrected chi connectivity index (χ1v) is 8.03. The molecule has 1 N–H and O–H groups in total. The van der Waals surface area contributed by atoms with Crippen molar-refractivity contribution in [2.24, 2.45) is 5.92 Å². The van der Waals surface area contributed by atoms with Crippen LogP contribution >= 0.6 is 0 Å². The monoisotopic (exact) mass is 322 g/mol. The second kappa shape index (κ2) is 5.67. The van der Waals surface area contributed by atoms with E-state index >= 15 is 0 Å². The standard InChI is InChI=1S/C19H18N2O3/c1-24-13-6-2-5-12(11-13)18-15-8-3-7-14(15)16-9-4-10-17(21(22)23)19(16)20-18/h2-7,9-11,14-15,18,20H,8H2,1H3/t14-,15-,18-/m0/s1. The van der Waals surface area contributed by atoms with E-state index in [1.54, 1.807) is 19.2 Å². The topological polar surface area (TPSA) is 64.4 Å². The number of nitrogens with zero attached hydrogens (tertiary/aromatic N) is 1. The van der Waals surface area contributed by atoms with Crippen molar-refractivity contribution in [2.75, 3.05) is 12.4 Å². The van der Waals surface area contributed by atoms with Gasteiger partial charge in [-0.05, 0) is 35.6 Å². The molecular weight excluding hydrogens is 304 g/mol. The summed E-state index contributed by atoms with van der Waals surface area (Å²) in [6.45, 7) is 0. The summed E-state index contributed by atoms with van der Waals surface area (Å²) in [5.74, 6) is 1.36. The number of benzene rings is 2. The minimum absolute atomic E-state index is 0.0219. The van der Waals surface area contributed by atoms with Gasteiger partial charge in [-0.3, -0.25) is 10.1 Å². The van der Waals surface area contributed by atoms with Crippen LogP contribution in [0.25, 0.3) is 0 Å². The van der Waals surface area contributed by atoms with Gasteiger partial charge < -0.3 is 10.1 Å². The number of hydrogen-bond donors (Lipinski definition) is 1. The molecule has 2 aromatic carbocycles. The number of anilines is 1. The van der Waals surface area contributed by atoms with E-state index in [1.807, 2.05) is 24.3 Å². The number of rotatable bonds is 3. The highest BCUT2D eigenvalue weighted by Gasteiger charge is 2.40. The van der Waals surface area contributed by atoms with E-state index in [4.69, 9.17) is 4.74 Å². The Labute approximate surface area is 140 Å². The third-order valence-corrected chi connectivity index (χ3v) is 5.02. The predicted molar refractivity (Wildman–Crippen MR) is 92.4 cm³/mol. The number of nitro benzene ring substituents is 1. The zero-order chi connectivity index (χ0) is 16.7. The average molecular weight is 322 g/mol. The summed E-state index contributed by atoms with van der Waals surface area (Å²) >= 11 is 0. The molecule has 4 rings (SSSR count). The molecule has 1 aliphatic carbocycles. The van der Waals surface area contributed by atoms with Gasteiger partial charge in [-0.1, -0.05) is 36.4 Å². The average Bonchev–Trinajstić information content (AvgIpc) is 3.10. The number of allylic oxidation sites excluding steroid dienone is 2. The van der Waals surface area contributed by atoms with Gasteiger partial charge in [-0.2, -0.15) is 0 Å². The number of nitrogens with one attached hydrogen (secondary N) is 1. The second-order valence-corrected chi connectivity index (χ2v) is 6.25. The molecule has 5 nitrogen and oxygen atoms in total. The highest BCUT2D eigenvalue weighted by atomic mass is 16.6. The molecule has 0 aromatic heterocycles. The Kier molecular flexibility index (Phi) is 3.49. The Morgan fingerprint density at radius 1 is 1.25 bits per heavy atom. The van der Waals surface area contributed by atoms with E-state index in [-0.39, 0.29) is 22.6 Å². The van der Waals surface area contributed by atoms with Gasteiger partial charge in [0.1, 0.15) is 11.4 Å². The van der Waals surface area contributed by atoms with Crippen LogP contribution in [0.2, 0.25) is 0 Å². The van der Waals surface area contributed by atoms with Crippen LogP contribution in [0.5, 0.6) is 5.75 Å². The molecule has 24 heavy (non-hydrogen) atoms. The maximum absolute atomic E-state index is 11.4. The molecule has 0 amide bonds. The Balaban J connectivity index is 1.83. The lowest BCUT2D eigenvalue weighted by atomic mass is 9.77. The SMILES string of the molecule is COc1cccc([C@@H]2Nc3c(cccc3[N+](=O)[O-])[C@H]3C=CC[C@@H]32)c1. The van der Waals surface area contributed by atoms with Gasteiger partial charge in [0.2, 0.25) is 0 Å². The molecule has 0 saturated heterocycles.